The molecule has 0 aromatic carbocycles. The lowest BCUT2D eigenvalue weighted by atomic mass is 9.98. The van der Waals surface area contributed by atoms with Crippen LogP contribution in [0.3, 0.4) is 0 Å². The van der Waals surface area contributed by atoms with Crippen LogP contribution < -0.4 is 21.3 Å². The van der Waals surface area contributed by atoms with E-state index >= 15 is 0 Å². The van der Waals surface area contributed by atoms with Crippen LogP contribution in [-0.4, -0.2) is 112 Å². The molecule has 1 aromatic rings. The fraction of sp³-hybridized carbons (Fsp3) is 0.700. The summed E-state index contributed by atoms with van der Waals surface area (Å²) in [5.74, 6) is -2.63. The number of amides is 1. The van der Waals surface area contributed by atoms with Crippen LogP contribution >= 0.6 is 0 Å². The number of carbonyl (C=O) groups is 1. The number of sulfonamides is 1. The second-order valence-corrected chi connectivity index (χ2v) is 11.3. The number of carbonyl (C=O) groups excluding carboxylic acids is 1. The maximum Gasteiger partial charge on any atom is 0.234 e. The minimum absolute atomic E-state index is 0.0277. The van der Waals surface area contributed by atoms with Crippen molar-refractivity contribution in [2.24, 2.45) is 16.8 Å². The highest BCUT2D eigenvalue weighted by molar-refractivity contribution is 7.89. The highest BCUT2D eigenvalue weighted by Gasteiger charge is 2.41. The minimum Gasteiger partial charge on any atom is -0.378 e. The molecular formula is C20H30F2N8O5S. The van der Waals surface area contributed by atoms with Gasteiger partial charge >= 0.3 is 0 Å². The van der Waals surface area contributed by atoms with Gasteiger partial charge in [0, 0.05) is 39.3 Å². The molecule has 0 saturated carbocycles. The number of halogens is 2. The molecule has 3 aliphatic heterocycles. The van der Waals surface area contributed by atoms with Crippen molar-refractivity contribution < 1.29 is 26.7 Å². The molecule has 4 N–H and O–H groups in total. The maximum absolute atomic E-state index is 14.9. The largest absolute Gasteiger partial charge is 0.378 e. The first-order chi connectivity index (χ1) is 17.1. The van der Waals surface area contributed by atoms with Gasteiger partial charge in [-0.15, -0.1) is 4.91 Å². The fourth-order valence-corrected chi connectivity index (χ4v) is 6.30. The van der Waals surface area contributed by atoms with E-state index in [4.69, 9.17) is 10.5 Å². The molecule has 0 bridgehead atoms. The molecular weight excluding hydrogens is 502 g/mol. The summed E-state index contributed by atoms with van der Waals surface area (Å²) in [7, 11) is -1.92. The van der Waals surface area contributed by atoms with E-state index in [1.54, 1.807) is 11.9 Å². The number of alkyl halides is 1. The van der Waals surface area contributed by atoms with Gasteiger partial charge < -0.3 is 20.7 Å². The molecule has 1 aromatic heterocycles. The van der Waals surface area contributed by atoms with Crippen LogP contribution in [0.1, 0.15) is 0 Å². The van der Waals surface area contributed by atoms with Crippen molar-refractivity contribution in [3.8, 4) is 0 Å². The number of anilines is 2. The lowest BCUT2D eigenvalue weighted by Crippen LogP contribution is -2.62. The Bertz CT molecular complexity index is 1070. The summed E-state index contributed by atoms with van der Waals surface area (Å²) in [6, 6.07) is 0. The van der Waals surface area contributed by atoms with Crippen LogP contribution in [0.2, 0.25) is 0 Å². The SMILES string of the molecule is CN1CC(F)CNC1C(C(=O)Nc1cncc(F)c1N1CCN(S(=O)(=O)C2COC2)CC1)C(N)N=O. The molecule has 4 heterocycles. The van der Waals surface area contributed by atoms with Gasteiger partial charge in [0.25, 0.3) is 0 Å². The topological polar surface area (TPSA) is 163 Å². The smallest absolute Gasteiger partial charge is 0.234 e. The average Bonchev–Trinajstić information content (AvgIpc) is 2.79. The van der Waals surface area contributed by atoms with Gasteiger partial charge in [-0.25, -0.2) is 17.2 Å². The first kappa shape index (κ1) is 26.7. The van der Waals surface area contributed by atoms with Crippen LogP contribution in [0, 0.1) is 16.6 Å². The molecule has 4 rings (SSSR count). The summed E-state index contributed by atoms with van der Waals surface area (Å²) in [6.07, 6.45) is -1.13. The van der Waals surface area contributed by atoms with E-state index in [1.165, 1.54) is 15.4 Å². The molecule has 4 unspecified atom stereocenters. The van der Waals surface area contributed by atoms with Gasteiger partial charge in [0.15, 0.2) is 12.0 Å². The first-order valence-corrected chi connectivity index (χ1v) is 13.1. The van der Waals surface area contributed by atoms with Gasteiger partial charge in [0.05, 0.1) is 37.5 Å². The highest BCUT2D eigenvalue weighted by atomic mass is 32.2. The van der Waals surface area contributed by atoms with Gasteiger partial charge in [-0.1, -0.05) is 5.18 Å². The van der Waals surface area contributed by atoms with Gasteiger partial charge in [-0.2, -0.15) is 4.31 Å². The second-order valence-electron chi connectivity index (χ2n) is 9.11. The van der Waals surface area contributed by atoms with Crippen LogP contribution in [0.25, 0.3) is 0 Å². The van der Waals surface area contributed by atoms with Gasteiger partial charge in [-0.05, 0) is 7.05 Å². The number of nitroso groups, excluding NO2 is 1. The summed E-state index contributed by atoms with van der Waals surface area (Å²) >= 11 is 0. The van der Waals surface area contributed by atoms with E-state index in [0.29, 0.717) is 0 Å². The van der Waals surface area contributed by atoms with Crippen molar-refractivity contribution in [3.63, 3.8) is 0 Å². The number of piperazine rings is 1. The Morgan fingerprint density at radius 2 is 2.00 bits per heavy atom. The summed E-state index contributed by atoms with van der Waals surface area (Å²) < 4.78 is 60.4. The Morgan fingerprint density at radius 3 is 2.58 bits per heavy atom. The Balaban J connectivity index is 1.51. The van der Waals surface area contributed by atoms with E-state index in [2.05, 4.69) is 20.8 Å². The molecule has 4 atom stereocenters. The van der Waals surface area contributed by atoms with Gasteiger partial charge in [0.2, 0.25) is 15.9 Å². The molecule has 16 heteroatoms. The zero-order valence-electron chi connectivity index (χ0n) is 19.7. The third kappa shape index (κ3) is 5.33. The first-order valence-electron chi connectivity index (χ1n) is 11.5. The third-order valence-corrected chi connectivity index (χ3v) is 8.92. The van der Waals surface area contributed by atoms with Crippen LogP contribution in [0.4, 0.5) is 20.2 Å². The van der Waals surface area contributed by atoms with E-state index in [9.17, 15) is 26.9 Å². The molecule has 0 spiro atoms. The van der Waals surface area contributed by atoms with Crippen LogP contribution in [0.5, 0.6) is 0 Å². The van der Waals surface area contributed by atoms with Crippen molar-refractivity contribution >= 4 is 27.3 Å². The maximum atomic E-state index is 14.9. The van der Waals surface area contributed by atoms with Crippen molar-refractivity contribution in [1.29, 1.82) is 0 Å². The molecule has 13 nitrogen and oxygen atoms in total. The standard InChI is InChI=1S/C20H30F2N8O5S/c1-28-9-12(21)6-25-19(28)16(18(23)27-32)20(31)26-15-8-24-7-14(22)17(15)29-2-4-30(5-3-29)36(33,34)13-10-35-11-13/h7-8,12-13,16,18-19,25H,2-6,9-11,23H2,1H3,(H,26,31). The number of nitrogens with zero attached hydrogens (tertiary/aromatic N) is 5. The van der Waals surface area contributed by atoms with Crippen molar-refractivity contribution in [3.05, 3.63) is 23.1 Å². The summed E-state index contributed by atoms with van der Waals surface area (Å²) in [5, 5.41) is 7.70. The predicted octanol–water partition coefficient (Wildman–Crippen LogP) is -1.12. The number of nitrogens with two attached hydrogens (primary N) is 1. The molecule has 3 saturated heterocycles. The van der Waals surface area contributed by atoms with Crippen molar-refractivity contribution in [1.82, 2.24) is 19.5 Å². The van der Waals surface area contributed by atoms with E-state index in [-0.39, 0.29) is 63.9 Å². The second kappa shape index (κ2) is 10.9. The summed E-state index contributed by atoms with van der Waals surface area (Å²) in [6.45, 7) is 0.953. The lowest BCUT2D eigenvalue weighted by molar-refractivity contribution is -0.124. The molecule has 0 radical (unpaired) electrons. The third-order valence-electron chi connectivity index (χ3n) is 6.72. The van der Waals surface area contributed by atoms with Gasteiger partial charge in [-0.3, -0.25) is 20.0 Å². The summed E-state index contributed by atoms with van der Waals surface area (Å²) in [4.78, 5) is 31.5. The molecule has 200 valence electrons. The van der Waals surface area contributed by atoms with Gasteiger partial charge in [0.1, 0.15) is 23.0 Å². The highest BCUT2D eigenvalue weighted by Crippen LogP contribution is 2.31. The number of rotatable bonds is 8. The quantitative estimate of drug-likeness (QED) is 0.350. The number of hydrogen-bond acceptors (Lipinski definition) is 11. The molecule has 3 fully saturated rings. The van der Waals surface area contributed by atoms with E-state index in [0.717, 1.165) is 6.20 Å². The Labute approximate surface area is 207 Å². The van der Waals surface area contributed by atoms with Crippen molar-refractivity contribution in [2.45, 2.75) is 23.8 Å². The Morgan fingerprint density at radius 1 is 1.31 bits per heavy atom. The van der Waals surface area contributed by atoms with Crippen LogP contribution in [-0.2, 0) is 19.6 Å². The molecule has 0 aliphatic carbocycles. The number of nitrogens with one attached hydrogen (secondary N) is 2. The number of aromatic nitrogens is 1. The lowest BCUT2D eigenvalue weighted by Gasteiger charge is -2.40. The normalized spacial score (nSPS) is 26.2. The number of ether oxygens (including phenoxy) is 1. The molecule has 36 heavy (non-hydrogen) atoms. The van der Waals surface area contributed by atoms with E-state index < -0.39 is 51.4 Å². The molecule has 1 amide bonds. The zero-order valence-corrected chi connectivity index (χ0v) is 20.5. The van der Waals surface area contributed by atoms with Crippen molar-refractivity contribution in [2.75, 3.05) is 69.7 Å². The monoisotopic (exact) mass is 532 g/mol. The number of hydrogen-bond donors (Lipinski definition) is 3. The fourth-order valence-electron chi connectivity index (χ4n) is 4.67. The molecule has 3 aliphatic rings. The zero-order chi connectivity index (χ0) is 26.0. The Hall–Kier alpha value is -2.37. The Kier molecular flexibility index (Phi) is 8.11. The summed E-state index contributed by atoms with van der Waals surface area (Å²) in [5.41, 5.74) is 5.91. The average molecular weight is 533 g/mol. The van der Waals surface area contributed by atoms with E-state index in [1.807, 2.05) is 0 Å². The predicted molar refractivity (Wildman–Crippen MR) is 127 cm³/mol. The number of pyridine rings is 1. The van der Waals surface area contributed by atoms with Crippen LogP contribution in [0.15, 0.2) is 17.6 Å². The minimum atomic E-state index is -3.50.